The highest BCUT2D eigenvalue weighted by molar-refractivity contribution is 5.77. The molecule has 2 aliphatic rings. The summed E-state index contributed by atoms with van der Waals surface area (Å²) in [5.74, 6) is -2.02. The average molecular weight is 380 g/mol. The SMILES string of the molecule is N#Cc1cc(F)c(F)cc1C1=CC2CCC(C1)N2C(=O)OCc1ccccc1. The highest BCUT2D eigenvalue weighted by Gasteiger charge is 2.41. The monoisotopic (exact) mass is 380 g/mol. The maximum Gasteiger partial charge on any atom is 0.410 e. The van der Waals surface area contributed by atoms with E-state index >= 15 is 0 Å². The third-order valence-electron chi connectivity index (χ3n) is 5.34. The Morgan fingerprint density at radius 2 is 1.93 bits per heavy atom. The molecule has 1 fully saturated rings. The zero-order valence-corrected chi connectivity index (χ0v) is 15.1. The Morgan fingerprint density at radius 3 is 2.64 bits per heavy atom. The largest absolute Gasteiger partial charge is 0.445 e. The van der Waals surface area contributed by atoms with Gasteiger partial charge in [-0.25, -0.2) is 13.6 Å². The molecule has 142 valence electrons. The van der Waals surface area contributed by atoms with Gasteiger partial charge < -0.3 is 4.74 Å². The number of nitriles is 1. The fraction of sp³-hybridized carbons (Fsp3) is 0.273. The molecule has 2 aliphatic heterocycles. The van der Waals surface area contributed by atoms with Crippen LogP contribution in [0.1, 0.15) is 36.0 Å². The van der Waals surface area contributed by atoms with E-state index < -0.39 is 11.6 Å². The Bertz CT molecular complexity index is 982. The predicted molar refractivity (Wildman–Crippen MR) is 98.9 cm³/mol. The average Bonchev–Trinajstić information content (AvgIpc) is 2.98. The predicted octanol–water partition coefficient (Wildman–Crippen LogP) is 4.79. The number of hydrogen-bond donors (Lipinski definition) is 0. The van der Waals surface area contributed by atoms with E-state index in [2.05, 4.69) is 0 Å². The van der Waals surface area contributed by atoms with E-state index in [1.54, 1.807) is 4.90 Å². The molecule has 2 unspecified atom stereocenters. The molecule has 0 radical (unpaired) electrons. The van der Waals surface area contributed by atoms with Gasteiger partial charge in [-0.2, -0.15) is 5.26 Å². The molecule has 2 aromatic rings. The van der Waals surface area contributed by atoms with Gasteiger partial charge in [0, 0.05) is 6.04 Å². The van der Waals surface area contributed by atoms with Gasteiger partial charge in [-0.3, -0.25) is 4.90 Å². The topological polar surface area (TPSA) is 53.3 Å². The lowest BCUT2D eigenvalue weighted by molar-refractivity contribution is 0.0832. The van der Waals surface area contributed by atoms with Gasteiger partial charge in [0.25, 0.3) is 0 Å². The number of rotatable bonds is 3. The van der Waals surface area contributed by atoms with Crippen LogP contribution in [0, 0.1) is 23.0 Å². The molecule has 4 nitrogen and oxygen atoms in total. The van der Waals surface area contributed by atoms with Crippen LogP contribution in [-0.2, 0) is 11.3 Å². The first-order valence-electron chi connectivity index (χ1n) is 9.16. The normalized spacial score (nSPS) is 20.5. The van der Waals surface area contributed by atoms with Crippen molar-refractivity contribution in [3.63, 3.8) is 0 Å². The number of fused-ring (bicyclic) bond motifs is 2. The van der Waals surface area contributed by atoms with Gasteiger partial charge in [-0.05, 0) is 48.1 Å². The van der Waals surface area contributed by atoms with E-state index in [4.69, 9.17) is 4.74 Å². The third kappa shape index (κ3) is 3.36. The Kier molecular flexibility index (Phi) is 4.82. The lowest BCUT2D eigenvalue weighted by Gasteiger charge is -2.33. The van der Waals surface area contributed by atoms with Crippen molar-refractivity contribution in [2.45, 2.75) is 38.0 Å². The molecule has 1 saturated heterocycles. The van der Waals surface area contributed by atoms with E-state index in [-0.39, 0.29) is 30.3 Å². The van der Waals surface area contributed by atoms with Crippen molar-refractivity contribution in [3.8, 4) is 6.07 Å². The fourth-order valence-corrected chi connectivity index (χ4v) is 4.01. The summed E-state index contributed by atoms with van der Waals surface area (Å²) in [6.45, 7) is 0.202. The highest BCUT2D eigenvalue weighted by atomic mass is 19.2. The zero-order chi connectivity index (χ0) is 19.7. The molecule has 0 spiro atoms. The second-order valence-electron chi connectivity index (χ2n) is 7.07. The van der Waals surface area contributed by atoms with Crippen LogP contribution >= 0.6 is 0 Å². The van der Waals surface area contributed by atoms with Crippen molar-refractivity contribution < 1.29 is 18.3 Å². The third-order valence-corrected chi connectivity index (χ3v) is 5.34. The fourth-order valence-electron chi connectivity index (χ4n) is 4.01. The number of halogens is 2. The summed E-state index contributed by atoms with van der Waals surface area (Å²) in [4.78, 5) is 14.3. The summed E-state index contributed by atoms with van der Waals surface area (Å²) >= 11 is 0. The zero-order valence-electron chi connectivity index (χ0n) is 15.1. The van der Waals surface area contributed by atoms with Gasteiger partial charge in [-0.1, -0.05) is 36.4 Å². The Hall–Kier alpha value is -3.20. The molecule has 2 atom stereocenters. The first-order chi connectivity index (χ1) is 13.6. The molecule has 2 bridgehead atoms. The Balaban J connectivity index is 1.54. The maximum absolute atomic E-state index is 13.7. The number of ether oxygens (including phenoxy) is 1. The van der Waals surface area contributed by atoms with Crippen LogP contribution in [-0.4, -0.2) is 23.1 Å². The van der Waals surface area contributed by atoms with Crippen molar-refractivity contribution in [2.24, 2.45) is 0 Å². The number of nitrogens with zero attached hydrogens (tertiary/aromatic N) is 2. The standard InChI is InChI=1S/C22H18F2N2O2/c23-20-10-16(12-25)19(11-21(20)24)15-8-17-6-7-18(9-15)26(17)22(27)28-13-14-4-2-1-3-5-14/h1-5,8,10-11,17-18H,6-7,9,13H2. The van der Waals surface area contributed by atoms with Gasteiger partial charge in [0.15, 0.2) is 11.6 Å². The van der Waals surface area contributed by atoms with Crippen LogP contribution in [0.5, 0.6) is 0 Å². The second kappa shape index (κ2) is 7.43. The number of carbonyl (C=O) groups is 1. The minimum absolute atomic E-state index is 0.0760. The van der Waals surface area contributed by atoms with Crippen LogP contribution in [0.2, 0.25) is 0 Å². The first-order valence-corrected chi connectivity index (χ1v) is 9.16. The molecule has 2 aromatic carbocycles. The summed E-state index contributed by atoms with van der Waals surface area (Å²) in [7, 11) is 0. The van der Waals surface area contributed by atoms with E-state index in [9.17, 15) is 18.8 Å². The van der Waals surface area contributed by atoms with Crippen molar-refractivity contribution in [1.29, 1.82) is 5.26 Å². The Labute approximate surface area is 161 Å². The van der Waals surface area contributed by atoms with Crippen LogP contribution < -0.4 is 0 Å². The van der Waals surface area contributed by atoms with E-state index in [1.807, 2.05) is 42.5 Å². The maximum atomic E-state index is 13.7. The molecule has 0 aliphatic carbocycles. The lowest BCUT2D eigenvalue weighted by atomic mass is 9.92. The van der Waals surface area contributed by atoms with E-state index in [0.717, 1.165) is 36.1 Å². The van der Waals surface area contributed by atoms with E-state index in [1.165, 1.54) is 0 Å². The summed E-state index contributed by atoms with van der Waals surface area (Å²) in [5.41, 5.74) is 2.19. The number of hydrogen-bond acceptors (Lipinski definition) is 3. The van der Waals surface area contributed by atoms with Gasteiger partial charge in [-0.15, -0.1) is 0 Å². The minimum atomic E-state index is -1.04. The van der Waals surface area contributed by atoms with E-state index in [0.29, 0.717) is 12.0 Å². The molecule has 0 saturated carbocycles. The molecule has 0 N–H and O–H groups in total. The molecular weight excluding hydrogens is 362 g/mol. The van der Waals surface area contributed by atoms with Gasteiger partial charge in [0.2, 0.25) is 0 Å². The highest BCUT2D eigenvalue weighted by Crippen LogP contribution is 2.40. The van der Waals surface area contributed by atoms with Crippen molar-refractivity contribution in [2.75, 3.05) is 0 Å². The van der Waals surface area contributed by atoms with Crippen molar-refractivity contribution >= 4 is 11.7 Å². The molecule has 0 aromatic heterocycles. The van der Waals surface area contributed by atoms with Crippen LogP contribution in [0.25, 0.3) is 5.57 Å². The lowest BCUT2D eigenvalue weighted by Crippen LogP contribution is -2.43. The first kappa shape index (κ1) is 18.2. The second-order valence-corrected chi connectivity index (χ2v) is 7.07. The van der Waals surface area contributed by atoms with Crippen LogP contribution in [0.15, 0.2) is 48.5 Å². The summed E-state index contributed by atoms with van der Waals surface area (Å²) < 4.78 is 32.7. The molecule has 28 heavy (non-hydrogen) atoms. The summed E-state index contributed by atoms with van der Waals surface area (Å²) in [6, 6.07) is 13.1. The smallest absolute Gasteiger partial charge is 0.410 e. The van der Waals surface area contributed by atoms with Crippen molar-refractivity contribution in [3.05, 3.63) is 76.9 Å². The number of benzene rings is 2. The van der Waals surface area contributed by atoms with Gasteiger partial charge >= 0.3 is 6.09 Å². The molecule has 2 heterocycles. The molecular formula is C22H18F2N2O2. The van der Waals surface area contributed by atoms with Crippen LogP contribution in [0.4, 0.5) is 13.6 Å². The summed E-state index contributed by atoms with van der Waals surface area (Å²) in [6.07, 6.45) is 3.56. The molecule has 1 amide bonds. The quantitative estimate of drug-likeness (QED) is 0.769. The van der Waals surface area contributed by atoms with Gasteiger partial charge in [0.05, 0.1) is 17.7 Å². The minimum Gasteiger partial charge on any atom is -0.445 e. The number of amides is 1. The van der Waals surface area contributed by atoms with Crippen LogP contribution in [0.3, 0.4) is 0 Å². The van der Waals surface area contributed by atoms with Crippen molar-refractivity contribution in [1.82, 2.24) is 4.90 Å². The number of carbonyl (C=O) groups excluding carboxylic acids is 1. The van der Waals surface area contributed by atoms with Gasteiger partial charge in [0.1, 0.15) is 6.61 Å². The Morgan fingerprint density at radius 1 is 1.18 bits per heavy atom. The molecule has 6 heteroatoms. The summed E-state index contributed by atoms with van der Waals surface area (Å²) in [5, 5.41) is 9.28. The molecule has 4 rings (SSSR count).